The molecule has 41 heavy (non-hydrogen) atoms. The highest BCUT2D eigenvalue weighted by atomic mass is 16.1. The lowest BCUT2D eigenvalue weighted by Crippen LogP contribution is -2.24. The van der Waals surface area contributed by atoms with Crippen LogP contribution in [0.25, 0.3) is 0 Å². The Hall–Kier alpha value is -3.19. The molecule has 0 radical (unpaired) electrons. The molecule has 0 heterocycles. The zero-order valence-electron chi connectivity index (χ0n) is 28.1. The molecule has 1 nitrogen and oxygen atoms in total. The minimum atomic E-state index is 0.0489. The largest absolute Gasteiger partial charge is 0.295 e. The van der Waals surface area contributed by atoms with Crippen molar-refractivity contribution in [2.75, 3.05) is 0 Å². The highest BCUT2D eigenvalue weighted by molar-refractivity contribution is 5.97. The Morgan fingerprint density at radius 1 is 0.732 bits per heavy atom. The highest BCUT2D eigenvalue weighted by Gasteiger charge is 2.30. The third kappa shape index (κ3) is 12.9. The molecule has 0 aliphatic heterocycles. The molecule has 0 aromatic heterocycles. The summed E-state index contributed by atoms with van der Waals surface area (Å²) in [5, 5.41) is 0. The fourth-order valence-corrected chi connectivity index (χ4v) is 4.79. The van der Waals surface area contributed by atoms with Gasteiger partial charge in [-0.2, -0.15) is 0 Å². The number of allylic oxidation sites excluding steroid dienone is 22. The van der Waals surface area contributed by atoms with Crippen LogP contribution < -0.4 is 0 Å². The Bertz CT molecular complexity index is 1260. The zero-order valence-corrected chi connectivity index (χ0v) is 28.1. The summed E-state index contributed by atoms with van der Waals surface area (Å²) in [5.74, 6) is 0.278. The zero-order chi connectivity index (χ0) is 31.2. The predicted molar refractivity (Wildman–Crippen MR) is 184 cm³/mol. The second kappa shape index (κ2) is 16.9. The van der Waals surface area contributed by atoms with Crippen LogP contribution in [0.1, 0.15) is 102 Å². The Labute approximate surface area is 253 Å². The molecule has 1 rings (SSSR count). The Morgan fingerprint density at radius 3 is 1.68 bits per heavy atom. The van der Waals surface area contributed by atoms with Gasteiger partial charge in [0.1, 0.15) is 0 Å². The molecular formula is C40H56O. The highest BCUT2D eigenvalue weighted by Crippen LogP contribution is 2.39. The van der Waals surface area contributed by atoms with Crippen LogP contribution in [-0.4, -0.2) is 5.78 Å². The number of rotatable bonds is 12. The minimum absolute atomic E-state index is 0.0489. The van der Waals surface area contributed by atoms with Gasteiger partial charge in [0.05, 0.1) is 0 Å². The van der Waals surface area contributed by atoms with E-state index < -0.39 is 0 Å². The molecule has 0 fully saturated rings. The Balaban J connectivity index is 2.74. The van der Waals surface area contributed by atoms with Crippen molar-refractivity contribution in [1.29, 1.82) is 0 Å². The molecule has 0 saturated heterocycles. The summed E-state index contributed by atoms with van der Waals surface area (Å²) in [6.07, 6.45) is 32.5. The third-order valence-electron chi connectivity index (χ3n) is 7.97. The SMILES string of the molecule is CCC(C)(C)C(/C=C/C(C)=C/C=C/C(C)=C/C=C/C=C(C)/C=C/C=C(C)/C=C/C1=C(C)C(=O)CCC1(C)C)=C(C)C. The van der Waals surface area contributed by atoms with Crippen molar-refractivity contribution in [3.63, 3.8) is 0 Å². The van der Waals surface area contributed by atoms with Crippen molar-refractivity contribution in [3.05, 3.63) is 130 Å². The summed E-state index contributed by atoms with van der Waals surface area (Å²) in [6.45, 7) is 26.1. The van der Waals surface area contributed by atoms with Crippen molar-refractivity contribution in [2.24, 2.45) is 10.8 Å². The Morgan fingerprint density at radius 2 is 1.20 bits per heavy atom. The molecule has 1 aliphatic rings. The van der Waals surface area contributed by atoms with Gasteiger partial charge in [-0.05, 0) is 88.9 Å². The molecule has 0 aromatic carbocycles. The standard InChI is InChI=1S/C40H56O/c1-13-39(9,10)36(30(2)3)26-24-33(6)22-16-20-31(4)18-14-15-19-32(5)21-17-23-34(7)25-27-37-35(8)38(41)28-29-40(37,11)12/h14-27H,13,28-29H2,1-12H3/b15-14+,20-16+,21-17+,26-24+,27-25+,31-18+,32-19+,33-22+,34-23+. The van der Waals surface area contributed by atoms with Crippen LogP contribution in [0.3, 0.4) is 0 Å². The first kappa shape index (κ1) is 35.8. The van der Waals surface area contributed by atoms with Gasteiger partial charge in [-0.3, -0.25) is 4.79 Å². The molecule has 0 unspecified atom stereocenters. The summed E-state index contributed by atoms with van der Waals surface area (Å²) < 4.78 is 0. The molecule has 0 saturated carbocycles. The van der Waals surface area contributed by atoms with E-state index in [9.17, 15) is 4.79 Å². The minimum Gasteiger partial charge on any atom is -0.295 e. The van der Waals surface area contributed by atoms with Crippen LogP contribution in [0.2, 0.25) is 0 Å². The summed E-state index contributed by atoms with van der Waals surface area (Å²) in [7, 11) is 0. The molecule has 1 aliphatic carbocycles. The van der Waals surface area contributed by atoms with Gasteiger partial charge < -0.3 is 0 Å². The van der Waals surface area contributed by atoms with Gasteiger partial charge in [-0.1, -0.05) is 148 Å². The first-order chi connectivity index (χ1) is 19.1. The van der Waals surface area contributed by atoms with Gasteiger partial charge in [0, 0.05) is 6.42 Å². The number of ketones is 1. The van der Waals surface area contributed by atoms with Crippen molar-refractivity contribution >= 4 is 5.78 Å². The molecule has 0 bridgehead atoms. The van der Waals surface area contributed by atoms with Gasteiger partial charge in [0.15, 0.2) is 5.78 Å². The van der Waals surface area contributed by atoms with Crippen molar-refractivity contribution < 1.29 is 4.79 Å². The third-order valence-corrected chi connectivity index (χ3v) is 7.97. The predicted octanol–water partition coefficient (Wildman–Crippen LogP) is 12.0. The molecular weight excluding hydrogens is 496 g/mol. The molecule has 0 amide bonds. The van der Waals surface area contributed by atoms with Gasteiger partial charge >= 0.3 is 0 Å². The van der Waals surface area contributed by atoms with Gasteiger partial charge in [-0.25, -0.2) is 0 Å². The van der Waals surface area contributed by atoms with E-state index in [1.165, 1.54) is 27.9 Å². The maximum atomic E-state index is 12.1. The Kier molecular flexibility index (Phi) is 14.8. The van der Waals surface area contributed by atoms with Crippen LogP contribution >= 0.6 is 0 Å². The van der Waals surface area contributed by atoms with E-state index in [2.05, 4.69) is 161 Å². The molecule has 0 N–H and O–H groups in total. The van der Waals surface area contributed by atoms with Gasteiger partial charge in [-0.15, -0.1) is 0 Å². The van der Waals surface area contributed by atoms with Crippen molar-refractivity contribution in [2.45, 2.75) is 102 Å². The van der Waals surface area contributed by atoms with E-state index in [0.29, 0.717) is 6.42 Å². The monoisotopic (exact) mass is 552 g/mol. The van der Waals surface area contributed by atoms with Crippen LogP contribution in [0.15, 0.2) is 130 Å². The summed E-state index contributed by atoms with van der Waals surface area (Å²) in [6, 6.07) is 0. The second-order valence-corrected chi connectivity index (χ2v) is 12.9. The lowest BCUT2D eigenvalue weighted by atomic mass is 9.72. The molecule has 1 heteroatoms. The second-order valence-electron chi connectivity index (χ2n) is 12.9. The van der Waals surface area contributed by atoms with Crippen molar-refractivity contribution in [1.82, 2.24) is 0 Å². The van der Waals surface area contributed by atoms with E-state index in [1.54, 1.807) is 0 Å². The number of Topliss-reactive ketones (excluding diaryl/α,β-unsaturated/α-hetero) is 1. The molecule has 0 atom stereocenters. The van der Waals surface area contributed by atoms with E-state index in [1.807, 2.05) is 6.92 Å². The topological polar surface area (TPSA) is 17.1 Å². The average Bonchev–Trinajstić information content (AvgIpc) is 2.88. The first-order valence-electron chi connectivity index (χ1n) is 15.1. The lowest BCUT2D eigenvalue weighted by molar-refractivity contribution is -0.116. The molecule has 0 spiro atoms. The van der Waals surface area contributed by atoms with Crippen LogP contribution in [0, 0.1) is 10.8 Å². The van der Waals surface area contributed by atoms with E-state index in [4.69, 9.17) is 0 Å². The summed E-state index contributed by atoms with van der Waals surface area (Å²) in [4.78, 5) is 12.1. The summed E-state index contributed by atoms with van der Waals surface area (Å²) >= 11 is 0. The van der Waals surface area contributed by atoms with Crippen molar-refractivity contribution in [3.8, 4) is 0 Å². The van der Waals surface area contributed by atoms with Crippen LogP contribution in [0.5, 0.6) is 0 Å². The first-order valence-corrected chi connectivity index (χ1v) is 15.1. The number of carbonyl (C=O) groups excluding carboxylic acids is 1. The maximum Gasteiger partial charge on any atom is 0.158 e. The molecule has 222 valence electrons. The fraction of sp³-hybridized carbons (Fsp3) is 0.425. The van der Waals surface area contributed by atoms with E-state index >= 15 is 0 Å². The van der Waals surface area contributed by atoms with E-state index in [-0.39, 0.29) is 16.6 Å². The average molecular weight is 553 g/mol. The number of hydrogen-bond donors (Lipinski definition) is 0. The van der Waals surface area contributed by atoms with Crippen LogP contribution in [-0.2, 0) is 4.79 Å². The number of hydrogen-bond acceptors (Lipinski definition) is 1. The quantitative estimate of drug-likeness (QED) is 0.220. The number of carbonyl (C=O) groups is 1. The van der Waals surface area contributed by atoms with E-state index in [0.717, 1.165) is 29.6 Å². The maximum absolute atomic E-state index is 12.1. The van der Waals surface area contributed by atoms with Crippen LogP contribution in [0.4, 0.5) is 0 Å². The smallest absolute Gasteiger partial charge is 0.158 e. The summed E-state index contributed by atoms with van der Waals surface area (Å²) in [5.41, 5.74) is 9.90. The molecule has 0 aromatic rings. The lowest BCUT2D eigenvalue weighted by Gasteiger charge is -2.32. The van der Waals surface area contributed by atoms with Gasteiger partial charge in [0.2, 0.25) is 0 Å². The van der Waals surface area contributed by atoms with Gasteiger partial charge in [0.25, 0.3) is 0 Å². The normalized spacial score (nSPS) is 18.4. The fourth-order valence-electron chi connectivity index (χ4n) is 4.79.